The van der Waals surface area contributed by atoms with Crippen LogP contribution in [0.4, 0.5) is 10.8 Å². The predicted octanol–water partition coefficient (Wildman–Crippen LogP) is 3.74. The van der Waals surface area contributed by atoms with Gasteiger partial charge >= 0.3 is 0 Å². The fourth-order valence-electron chi connectivity index (χ4n) is 2.58. The first-order valence-electron chi connectivity index (χ1n) is 7.49. The van der Waals surface area contributed by atoms with E-state index in [1.807, 2.05) is 6.07 Å². The number of furan rings is 1. The highest BCUT2D eigenvalue weighted by Gasteiger charge is 2.15. The number of fused-ring (bicyclic) bond motifs is 1. The van der Waals surface area contributed by atoms with E-state index >= 15 is 0 Å². The van der Waals surface area contributed by atoms with Gasteiger partial charge in [-0.25, -0.2) is 4.98 Å². The molecule has 1 saturated heterocycles. The highest BCUT2D eigenvalue weighted by atomic mass is 79.9. The molecule has 1 fully saturated rings. The number of nitrogens with one attached hydrogen (secondary N) is 1. The Morgan fingerprint density at radius 2 is 2.08 bits per heavy atom. The van der Waals surface area contributed by atoms with Gasteiger partial charge in [-0.1, -0.05) is 11.3 Å². The smallest absolute Gasteiger partial charge is 0.293 e. The van der Waals surface area contributed by atoms with Crippen LogP contribution in [0.2, 0.25) is 0 Å². The molecule has 1 aliphatic heterocycles. The van der Waals surface area contributed by atoms with E-state index < -0.39 is 0 Å². The van der Waals surface area contributed by atoms with Gasteiger partial charge in [0.25, 0.3) is 5.91 Å². The van der Waals surface area contributed by atoms with E-state index in [2.05, 4.69) is 43.3 Å². The van der Waals surface area contributed by atoms with Crippen LogP contribution in [-0.4, -0.2) is 37.2 Å². The maximum Gasteiger partial charge on any atom is 0.293 e. The molecule has 0 unspecified atom stereocenters. The average molecular weight is 408 g/mol. The zero-order valence-corrected chi connectivity index (χ0v) is 15.0. The molecular formula is C16H14BrN3O3S. The third-order valence-corrected chi connectivity index (χ3v) is 5.13. The van der Waals surface area contributed by atoms with Crippen LogP contribution in [0.1, 0.15) is 10.6 Å². The summed E-state index contributed by atoms with van der Waals surface area (Å²) in [6.45, 7) is 3.28. The van der Waals surface area contributed by atoms with Crippen molar-refractivity contribution in [3.63, 3.8) is 0 Å². The normalized spacial score (nSPS) is 15.0. The first-order valence-corrected chi connectivity index (χ1v) is 9.10. The van der Waals surface area contributed by atoms with E-state index in [-0.39, 0.29) is 11.7 Å². The number of halogens is 1. The van der Waals surface area contributed by atoms with Crippen molar-refractivity contribution in [2.24, 2.45) is 0 Å². The molecular weight excluding hydrogens is 394 g/mol. The zero-order valence-electron chi connectivity index (χ0n) is 12.6. The summed E-state index contributed by atoms with van der Waals surface area (Å²) in [6, 6.07) is 9.45. The van der Waals surface area contributed by atoms with Crippen molar-refractivity contribution in [3.05, 3.63) is 40.8 Å². The van der Waals surface area contributed by atoms with Crippen molar-refractivity contribution in [3.8, 4) is 0 Å². The molecule has 6 nitrogen and oxygen atoms in total. The Hall–Kier alpha value is -1.90. The maximum atomic E-state index is 12.1. The Balaban J connectivity index is 1.55. The number of ether oxygens (including phenoxy) is 1. The number of nitrogens with zero attached hydrogens (tertiary/aromatic N) is 2. The van der Waals surface area contributed by atoms with Gasteiger partial charge in [-0.15, -0.1) is 0 Å². The second-order valence-electron chi connectivity index (χ2n) is 5.33. The van der Waals surface area contributed by atoms with E-state index in [9.17, 15) is 4.79 Å². The van der Waals surface area contributed by atoms with Gasteiger partial charge in [0.1, 0.15) is 0 Å². The van der Waals surface area contributed by atoms with Crippen LogP contribution >= 0.6 is 27.3 Å². The van der Waals surface area contributed by atoms with E-state index in [1.54, 1.807) is 12.1 Å². The molecule has 0 bridgehead atoms. The van der Waals surface area contributed by atoms with Crippen molar-refractivity contribution in [2.45, 2.75) is 0 Å². The third-order valence-electron chi connectivity index (χ3n) is 3.77. The Morgan fingerprint density at radius 3 is 2.83 bits per heavy atom. The van der Waals surface area contributed by atoms with Crippen LogP contribution in [0.15, 0.2) is 39.4 Å². The summed E-state index contributed by atoms with van der Waals surface area (Å²) in [5.74, 6) is -0.0664. The number of carbonyl (C=O) groups is 1. The SMILES string of the molecule is O=C(Nc1nc2ccc(N3CCOCC3)cc2s1)c1ccc(Br)o1. The van der Waals surface area contributed by atoms with Crippen LogP contribution in [0.5, 0.6) is 0 Å². The second kappa shape index (κ2) is 6.54. The van der Waals surface area contributed by atoms with Crippen LogP contribution in [-0.2, 0) is 4.74 Å². The molecule has 1 aromatic carbocycles. The van der Waals surface area contributed by atoms with E-state index in [1.165, 1.54) is 11.3 Å². The quantitative estimate of drug-likeness (QED) is 0.715. The minimum Gasteiger partial charge on any atom is -0.444 e. The highest BCUT2D eigenvalue weighted by molar-refractivity contribution is 9.10. The van der Waals surface area contributed by atoms with Gasteiger partial charge in [0, 0.05) is 18.8 Å². The number of hydrogen-bond acceptors (Lipinski definition) is 6. The molecule has 4 rings (SSSR count). The van der Waals surface area contributed by atoms with Crippen LogP contribution < -0.4 is 10.2 Å². The summed E-state index contributed by atoms with van der Waals surface area (Å²) < 4.78 is 12.2. The molecule has 3 aromatic rings. The largest absolute Gasteiger partial charge is 0.444 e. The Kier molecular flexibility index (Phi) is 4.26. The number of benzene rings is 1. The van der Waals surface area contributed by atoms with E-state index in [0.717, 1.165) is 42.2 Å². The van der Waals surface area contributed by atoms with Gasteiger partial charge in [-0.3, -0.25) is 10.1 Å². The van der Waals surface area contributed by atoms with Gasteiger partial charge in [-0.05, 0) is 46.3 Å². The minimum absolute atomic E-state index is 0.245. The van der Waals surface area contributed by atoms with Gasteiger partial charge in [0.05, 0.1) is 23.4 Å². The Labute approximate surface area is 150 Å². The Bertz CT molecular complexity index is 886. The number of carbonyl (C=O) groups excluding carboxylic acids is 1. The second-order valence-corrected chi connectivity index (χ2v) is 7.14. The molecule has 0 aliphatic carbocycles. The van der Waals surface area contributed by atoms with Gasteiger partial charge in [0.2, 0.25) is 0 Å². The lowest BCUT2D eigenvalue weighted by atomic mass is 10.2. The molecule has 24 heavy (non-hydrogen) atoms. The van der Waals surface area contributed by atoms with Gasteiger partial charge < -0.3 is 14.1 Å². The van der Waals surface area contributed by atoms with Crippen molar-refractivity contribution < 1.29 is 13.9 Å². The number of thiazole rings is 1. The summed E-state index contributed by atoms with van der Waals surface area (Å²) in [4.78, 5) is 18.9. The van der Waals surface area contributed by atoms with Gasteiger partial charge in [0.15, 0.2) is 15.6 Å². The molecule has 1 N–H and O–H groups in total. The van der Waals surface area contributed by atoms with Crippen LogP contribution in [0.25, 0.3) is 10.2 Å². The van der Waals surface area contributed by atoms with E-state index in [4.69, 9.17) is 9.15 Å². The summed E-state index contributed by atoms with van der Waals surface area (Å²) in [7, 11) is 0. The molecule has 2 aromatic heterocycles. The highest BCUT2D eigenvalue weighted by Crippen LogP contribution is 2.30. The molecule has 1 amide bonds. The summed E-state index contributed by atoms with van der Waals surface area (Å²) in [6.07, 6.45) is 0. The lowest BCUT2D eigenvalue weighted by molar-refractivity contribution is 0.0995. The lowest BCUT2D eigenvalue weighted by Crippen LogP contribution is -2.36. The molecule has 124 valence electrons. The van der Waals surface area contributed by atoms with Crippen molar-refractivity contribution in [1.82, 2.24) is 4.98 Å². The monoisotopic (exact) mass is 407 g/mol. The van der Waals surface area contributed by atoms with Crippen molar-refractivity contribution in [1.29, 1.82) is 0 Å². The predicted molar refractivity (Wildman–Crippen MR) is 97.0 cm³/mol. The zero-order chi connectivity index (χ0) is 16.5. The molecule has 8 heteroatoms. The Morgan fingerprint density at radius 1 is 1.25 bits per heavy atom. The molecule has 0 spiro atoms. The fraction of sp³-hybridized carbons (Fsp3) is 0.250. The van der Waals surface area contributed by atoms with Crippen LogP contribution in [0.3, 0.4) is 0 Å². The number of hydrogen-bond donors (Lipinski definition) is 1. The number of aromatic nitrogens is 1. The first kappa shape index (κ1) is 15.6. The standard InChI is InChI=1S/C16H14BrN3O3S/c17-14-4-3-12(23-14)15(21)19-16-18-11-2-1-10(9-13(11)24-16)20-5-7-22-8-6-20/h1-4,9H,5-8H2,(H,18,19,21). The number of amides is 1. The summed E-state index contributed by atoms with van der Waals surface area (Å²) in [5, 5.41) is 3.34. The third kappa shape index (κ3) is 3.17. The molecule has 3 heterocycles. The molecule has 0 radical (unpaired) electrons. The lowest BCUT2D eigenvalue weighted by Gasteiger charge is -2.28. The maximum absolute atomic E-state index is 12.1. The topological polar surface area (TPSA) is 67.6 Å². The van der Waals surface area contributed by atoms with E-state index in [0.29, 0.717) is 9.80 Å². The number of morpholine rings is 1. The van der Waals surface area contributed by atoms with Gasteiger partial charge in [-0.2, -0.15) is 0 Å². The fourth-order valence-corrected chi connectivity index (χ4v) is 3.78. The first-order chi connectivity index (χ1) is 11.7. The summed E-state index contributed by atoms with van der Waals surface area (Å²) in [5.41, 5.74) is 2.02. The summed E-state index contributed by atoms with van der Waals surface area (Å²) >= 11 is 4.64. The molecule has 0 atom stereocenters. The minimum atomic E-state index is -0.312. The van der Waals surface area contributed by atoms with Crippen LogP contribution in [0, 0.1) is 0 Å². The molecule has 0 saturated carbocycles. The number of rotatable bonds is 3. The molecule has 1 aliphatic rings. The van der Waals surface area contributed by atoms with Crippen molar-refractivity contribution in [2.75, 3.05) is 36.5 Å². The average Bonchev–Trinajstić information content (AvgIpc) is 3.20. The van der Waals surface area contributed by atoms with Crippen molar-refractivity contribution >= 4 is 54.2 Å². The number of anilines is 2.